The van der Waals surface area contributed by atoms with Gasteiger partial charge in [-0.05, 0) is 36.4 Å². The number of fused-ring (bicyclic) bond motifs is 2. The monoisotopic (exact) mass is 304 g/mol. The van der Waals surface area contributed by atoms with E-state index in [2.05, 4.69) is 10.3 Å². The molecule has 5 nitrogen and oxygen atoms in total. The molecular formula is C18H12N2O3. The van der Waals surface area contributed by atoms with E-state index in [1.54, 1.807) is 24.3 Å². The number of hydrogen-bond acceptors (Lipinski definition) is 3. The Hall–Kier alpha value is -3.34. The number of hydrogen-bond donors (Lipinski definition) is 2. The van der Waals surface area contributed by atoms with Crippen molar-refractivity contribution in [2.75, 3.05) is 5.32 Å². The number of aromatic nitrogens is 1. The third-order valence-corrected chi connectivity index (χ3v) is 3.65. The van der Waals surface area contributed by atoms with Crippen LogP contribution < -0.4 is 10.9 Å². The second-order valence-corrected chi connectivity index (χ2v) is 5.23. The van der Waals surface area contributed by atoms with Crippen molar-refractivity contribution in [3.63, 3.8) is 0 Å². The van der Waals surface area contributed by atoms with Crippen LogP contribution in [0.15, 0.2) is 69.9 Å². The van der Waals surface area contributed by atoms with Gasteiger partial charge in [0.05, 0.1) is 0 Å². The summed E-state index contributed by atoms with van der Waals surface area (Å²) in [4.78, 5) is 26.6. The number of H-pyrrole nitrogens is 1. The number of carbonyl (C=O) groups excluding carboxylic acids is 1. The molecule has 0 bridgehead atoms. The zero-order valence-corrected chi connectivity index (χ0v) is 12.0. The summed E-state index contributed by atoms with van der Waals surface area (Å²) in [5, 5.41) is 4.57. The van der Waals surface area contributed by atoms with E-state index in [1.807, 2.05) is 30.3 Å². The molecule has 0 atom stereocenters. The topological polar surface area (TPSA) is 75.1 Å². The van der Waals surface area contributed by atoms with E-state index in [1.165, 1.54) is 6.07 Å². The summed E-state index contributed by atoms with van der Waals surface area (Å²) in [6.45, 7) is 0. The molecule has 2 aromatic heterocycles. The number of anilines is 1. The van der Waals surface area contributed by atoms with Gasteiger partial charge in [-0.1, -0.05) is 18.2 Å². The maximum Gasteiger partial charge on any atom is 0.336 e. The maximum absolute atomic E-state index is 12.4. The molecule has 0 aliphatic carbocycles. The summed E-state index contributed by atoms with van der Waals surface area (Å²) in [5.74, 6) is -0.224. The maximum atomic E-state index is 12.4. The predicted octanol–water partition coefficient (Wildman–Crippen LogP) is 3.53. The molecule has 4 rings (SSSR count). The van der Waals surface area contributed by atoms with Crippen LogP contribution in [-0.4, -0.2) is 10.9 Å². The first-order valence-electron chi connectivity index (χ1n) is 7.12. The molecule has 4 aromatic rings. The normalized spacial score (nSPS) is 11.0. The van der Waals surface area contributed by atoms with Gasteiger partial charge in [-0.2, -0.15) is 0 Å². The molecule has 112 valence electrons. The minimum atomic E-state index is -0.396. The van der Waals surface area contributed by atoms with Gasteiger partial charge in [0.2, 0.25) is 0 Å². The zero-order chi connectivity index (χ0) is 15.8. The highest BCUT2D eigenvalue weighted by molar-refractivity contribution is 6.06. The SMILES string of the molecule is O=C(Nc1ccc2oc(=O)ccc2c1)c1cc2ccccc2[nH]1. The Morgan fingerprint density at radius 3 is 2.70 bits per heavy atom. The molecule has 0 aliphatic rings. The van der Waals surface area contributed by atoms with Crippen molar-refractivity contribution in [2.45, 2.75) is 0 Å². The largest absolute Gasteiger partial charge is 0.423 e. The zero-order valence-electron chi connectivity index (χ0n) is 12.0. The van der Waals surface area contributed by atoms with Gasteiger partial charge in [-0.25, -0.2) is 4.79 Å². The Kier molecular flexibility index (Phi) is 2.98. The van der Waals surface area contributed by atoms with E-state index >= 15 is 0 Å². The molecule has 0 saturated heterocycles. The van der Waals surface area contributed by atoms with E-state index in [-0.39, 0.29) is 5.91 Å². The van der Waals surface area contributed by atoms with Gasteiger partial charge in [0, 0.05) is 28.0 Å². The van der Waals surface area contributed by atoms with Crippen molar-refractivity contribution in [3.8, 4) is 0 Å². The number of carbonyl (C=O) groups is 1. The van der Waals surface area contributed by atoms with E-state index < -0.39 is 5.63 Å². The number of nitrogens with one attached hydrogen (secondary N) is 2. The van der Waals surface area contributed by atoms with Gasteiger partial charge in [-0.15, -0.1) is 0 Å². The Balaban J connectivity index is 1.65. The summed E-state index contributed by atoms with van der Waals surface area (Å²) in [7, 11) is 0. The first-order valence-corrected chi connectivity index (χ1v) is 7.12. The first-order chi connectivity index (χ1) is 11.2. The van der Waals surface area contributed by atoms with Crippen LogP contribution in [0.4, 0.5) is 5.69 Å². The molecule has 0 unspecified atom stereocenters. The lowest BCUT2D eigenvalue weighted by molar-refractivity contribution is 0.102. The molecule has 0 saturated carbocycles. The summed E-state index contributed by atoms with van der Waals surface area (Å²) >= 11 is 0. The standard InChI is InChI=1S/C18H12N2O3/c21-17-8-5-12-9-13(6-7-16(12)23-17)19-18(22)15-10-11-3-1-2-4-14(11)20-15/h1-10,20H,(H,19,22). The first kappa shape index (κ1) is 13.3. The summed E-state index contributed by atoms with van der Waals surface area (Å²) in [6, 6.07) is 17.7. The minimum Gasteiger partial charge on any atom is -0.423 e. The van der Waals surface area contributed by atoms with Crippen molar-refractivity contribution in [3.05, 3.63) is 76.8 Å². The molecule has 2 N–H and O–H groups in total. The average molecular weight is 304 g/mol. The fourth-order valence-electron chi connectivity index (χ4n) is 2.54. The van der Waals surface area contributed by atoms with Crippen LogP contribution in [0.5, 0.6) is 0 Å². The van der Waals surface area contributed by atoms with Gasteiger partial charge < -0.3 is 14.7 Å². The highest BCUT2D eigenvalue weighted by Gasteiger charge is 2.10. The van der Waals surface area contributed by atoms with Gasteiger partial charge >= 0.3 is 5.63 Å². The van der Waals surface area contributed by atoms with Gasteiger partial charge in [0.15, 0.2) is 0 Å². The van der Waals surface area contributed by atoms with Crippen molar-refractivity contribution in [1.82, 2.24) is 4.98 Å². The van der Waals surface area contributed by atoms with Crippen LogP contribution in [0.3, 0.4) is 0 Å². The lowest BCUT2D eigenvalue weighted by Gasteiger charge is -2.04. The number of para-hydroxylation sites is 1. The van der Waals surface area contributed by atoms with Crippen LogP contribution in [0.1, 0.15) is 10.5 Å². The second-order valence-electron chi connectivity index (χ2n) is 5.23. The van der Waals surface area contributed by atoms with E-state index in [0.29, 0.717) is 17.0 Å². The van der Waals surface area contributed by atoms with Crippen LogP contribution in [-0.2, 0) is 0 Å². The van der Waals surface area contributed by atoms with Gasteiger partial charge in [0.25, 0.3) is 5.91 Å². The number of benzene rings is 2. The third-order valence-electron chi connectivity index (χ3n) is 3.65. The second kappa shape index (κ2) is 5.14. The van der Waals surface area contributed by atoms with Crippen molar-refractivity contribution >= 4 is 33.5 Å². The molecule has 2 aromatic carbocycles. The highest BCUT2D eigenvalue weighted by atomic mass is 16.4. The summed E-state index contributed by atoms with van der Waals surface area (Å²) < 4.78 is 5.07. The fourth-order valence-corrected chi connectivity index (χ4v) is 2.54. The number of aromatic amines is 1. The Morgan fingerprint density at radius 2 is 1.83 bits per heavy atom. The molecule has 0 aliphatic heterocycles. The van der Waals surface area contributed by atoms with Crippen molar-refractivity contribution in [2.24, 2.45) is 0 Å². The number of rotatable bonds is 2. The molecule has 5 heteroatoms. The Labute approximate surface area is 130 Å². The van der Waals surface area contributed by atoms with Crippen LogP contribution in [0, 0.1) is 0 Å². The summed E-state index contributed by atoms with van der Waals surface area (Å²) in [6.07, 6.45) is 0. The molecular weight excluding hydrogens is 292 g/mol. The van der Waals surface area contributed by atoms with Crippen LogP contribution in [0.25, 0.3) is 21.9 Å². The lowest BCUT2D eigenvalue weighted by Crippen LogP contribution is -2.12. The average Bonchev–Trinajstić information content (AvgIpc) is 2.99. The van der Waals surface area contributed by atoms with E-state index in [9.17, 15) is 9.59 Å². The molecule has 1 amide bonds. The van der Waals surface area contributed by atoms with Gasteiger partial charge in [-0.3, -0.25) is 4.79 Å². The lowest BCUT2D eigenvalue weighted by atomic mass is 10.2. The molecule has 23 heavy (non-hydrogen) atoms. The predicted molar refractivity (Wildman–Crippen MR) is 88.7 cm³/mol. The van der Waals surface area contributed by atoms with Crippen molar-refractivity contribution in [1.29, 1.82) is 0 Å². The smallest absolute Gasteiger partial charge is 0.336 e. The van der Waals surface area contributed by atoms with Crippen LogP contribution >= 0.6 is 0 Å². The number of amides is 1. The Bertz CT molecular complexity index is 1060. The third kappa shape index (κ3) is 2.48. The van der Waals surface area contributed by atoms with Crippen molar-refractivity contribution < 1.29 is 9.21 Å². The fraction of sp³-hybridized carbons (Fsp3) is 0. The van der Waals surface area contributed by atoms with E-state index in [4.69, 9.17) is 4.42 Å². The van der Waals surface area contributed by atoms with Gasteiger partial charge in [0.1, 0.15) is 11.3 Å². The minimum absolute atomic E-state index is 0.224. The summed E-state index contributed by atoms with van der Waals surface area (Å²) in [5.41, 5.74) is 2.13. The van der Waals surface area contributed by atoms with Crippen LogP contribution in [0.2, 0.25) is 0 Å². The van der Waals surface area contributed by atoms with E-state index in [0.717, 1.165) is 16.3 Å². The molecule has 0 fully saturated rings. The highest BCUT2D eigenvalue weighted by Crippen LogP contribution is 2.19. The molecule has 0 radical (unpaired) electrons. The quantitative estimate of drug-likeness (QED) is 0.556. The molecule has 0 spiro atoms. The molecule has 2 heterocycles. The Morgan fingerprint density at radius 1 is 0.957 bits per heavy atom.